The second-order valence-electron chi connectivity index (χ2n) is 9.86. The normalized spacial score (nSPS) is 17.6. The molecule has 2 rings (SSSR count). The summed E-state index contributed by atoms with van der Waals surface area (Å²) in [5.74, 6) is -1.45. The van der Waals surface area contributed by atoms with Crippen LogP contribution in [0.1, 0.15) is 39.7 Å². The number of nitrogens with one attached hydrogen (secondary N) is 1. The number of carbonyl (C=O) groups excluding carboxylic acids is 3. The predicted octanol–water partition coefficient (Wildman–Crippen LogP) is 2.15. The van der Waals surface area contributed by atoms with Crippen LogP contribution >= 0.6 is 0 Å². The molecular weight excluding hydrogens is 422 g/mol. The van der Waals surface area contributed by atoms with E-state index in [0.717, 1.165) is 25.2 Å². The first kappa shape index (κ1) is 27.0. The van der Waals surface area contributed by atoms with Gasteiger partial charge in [0.1, 0.15) is 5.78 Å². The van der Waals surface area contributed by atoms with E-state index in [1.54, 1.807) is 6.92 Å². The molecule has 1 heterocycles. The van der Waals surface area contributed by atoms with E-state index in [2.05, 4.69) is 10.2 Å². The van der Waals surface area contributed by atoms with Crippen molar-refractivity contribution in [2.75, 3.05) is 39.4 Å². The van der Waals surface area contributed by atoms with E-state index in [1.807, 2.05) is 51.1 Å². The van der Waals surface area contributed by atoms with Crippen molar-refractivity contribution < 1.29 is 24.3 Å². The van der Waals surface area contributed by atoms with Crippen molar-refractivity contribution in [1.29, 1.82) is 0 Å². The summed E-state index contributed by atoms with van der Waals surface area (Å²) in [7, 11) is 0. The topological polar surface area (TPSA) is 99.2 Å². The van der Waals surface area contributed by atoms with Gasteiger partial charge in [-0.05, 0) is 24.3 Å². The summed E-state index contributed by atoms with van der Waals surface area (Å²) in [5, 5.41) is 13.5. The zero-order chi connectivity index (χ0) is 24.4. The third-order valence-electron chi connectivity index (χ3n) is 6.42. The molecule has 8 heteroatoms. The van der Waals surface area contributed by atoms with Gasteiger partial charge in [0.25, 0.3) is 0 Å². The molecule has 0 aromatic heterocycles. The minimum absolute atomic E-state index is 0.0431. The summed E-state index contributed by atoms with van der Waals surface area (Å²) in [6, 6.07) is 8.78. The summed E-state index contributed by atoms with van der Waals surface area (Å²) in [6.07, 6.45) is 0.734. The number of hydroxylamine groups is 2. The highest BCUT2D eigenvalue weighted by molar-refractivity contribution is 5.89. The molecule has 0 spiro atoms. The number of nitrogens with zero attached hydrogens (tertiary/aromatic N) is 2. The van der Waals surface area contributed by atoms with Gasteiger partial charge in [-0.2, -0.15) is 0 Å². The number of benzene rings is 1. The van der Waals surface area contributed by atoms with Gasteiger partial charge >= 0.3 is 0 Å². The van der Waals surface area contributed by atoms with Crippen LogP contribution in [0.2, 0.25) is 0 Å². The zero-order valence-electron chi connectivity index (χ0n) is 20.3. The van der Waals surface area contributed by atoms with Crippen LogP contribution in [0.25, 0.3) is 0 Å². The van der Waals surface area contributed by atoms with E-state index < -0.39 is 23.3 Å². The number of hydrogen-bond acceptors (Lipinski definition) is 6. The molecule has 184 valence electrons. The highest BCUT2D eigenvalue weighted by Crippen LogP contribution is 2.31. The van der Waals surface area contributed by atoms with E-state index in [0.29, 0.717) is 37.7 Å². The Hall–Kier alpha value is -2.29. The highest BCUT2D eigenvalue weighted by Gasteiger charge is 2.37. The minimum atomic E-state index is -0.708. The van der Waals surface area contributed by atoms with Crippen molar-refractivity contribution in [2.24, 2.45) is 17.3 Å². The van der Waals surface area contributed by atoms with E-state index >= 15 is 0 Å². The van der Waals surface area contributed by atoms with E-state index in [9.17, 15) is 19.6 Å². The van der Waals surface area contributed by atoms with Gasteiger partial charge in [-0.15, -0.1) is 0 Å². The summed E-state index contributed by atoms with van der Waals surface area (Å²) >= 11 is 0. The molecule has 3 atom stereocenters. The smallest absolute Gasteiger partial charge is 0.233 e. The third-order valence-corrected chi connectivity index (χ3v) is 6.42. The number of ether oxygens (including phenoxy) is 1. The molecule has 2 amide bonds. The predicted molar refractivity (Wildman–Crippen MR) is 126 cm³/mol. The van der Waals surface area contributed by atoms with Crippen LogP contribution in [-0.4, -0.2) is 78.7 Å². The van der Waals surface area contributed by atoms with Gasteiger partial charge in [0, 0.05) is 44.4 Å². The molecule has 0 bridgehead atoms. The second kappa shape index (κ2) is 12.8. The Labute approximate surface area is 197 Å². The Kier molecular flexibility index (Phi) is 10.5. The molecule has 1 aliphatic rings. The molecule has 1 aliphatic heterocycles. The lowest BCUT2D eigenvalue weighted by molar-refractivity contribution is -0.165. The van der Waals surface area contributed by atoms with Crippen molar-refractivity contribution in [1.82, 2.24) is 15.3 Å². The molecule has 0 unspecified atom stereocenters. The van der Waals surface area contributed by atoms with Gasteiger partial charge in [0.05, 0.1) is 19.3 Å². The van der Waals surface area contributed by atoms with E-state index in [-0.39, 0.29) is 18.1 Å². The third kappa shape index (κ3) is 8.53. The number of amides is 2. The first-order valence-corrected chi connectivity index (χ1v) is 11.7. The van der Waals surface area contributed by atoms with Crippen molar-refractivity contribution in [2.45, 2.75) is 46.6 Å². The summed E-state index contributed by atoms with van der Waals surface area (Å²) in [4.78, 5) is 39.9. The fourth-order valence-corrected chi connectivity index (χ4v) is 4.13. The number of rotatable bonds is 12. The SMILES string of the molecule is C[C@@H]([C@@H](Cc1ccccc1)C(=O)C[C@H](C(=O)NCCN1CCOCC1)C(C)(C)C)N(O)C=O. The van der Waals surface area contributed by atoms with Crippen molar-refractivity contribution in [3.8, 4) is 0 Å². The monoisotopic (exact) mass is 461 g/mol. The zero-order valence-corrected chi connectivity index (χ0v) is 20.3. The van der Waals surface area contributed by atoms with Crippen LogP contribution in [0, 0.1) is 17.3 Å². The Morgan fingerprint density at radius 2 is 1.85 bits per heavy atom. The number of carbonyl (C=O) groups is 3. The fourth-order valence-electron chi connectivity index (χ4n) is 4.13. The number of ketones is 1. The van der Waals surface area contributed by atoms with Gasteiger partial charge in [-0.25, -0.2) is 5.06 Å². The minimum Gasteiger partial charge on any atom is -0.379 e. The van der Waals surface area contributed by atoms with Crippen molar-refractivity contribution in [3.05, 3.63) is 35.9 Å². The Morgan fingerprint density at radius 3 is 2.42 bits per heavy atom. The molecule has 1 saturated heterocycles. The number of hydrogen-bond donors (Lipinski definition) is 2. The molecule has 0 radical (unpaired) electrons. The lowest BCUT2D eigenvalue weighted by atomic mass is 9.74. The van der Waals surface area contributed by atoms with Crippen LogP contribution < -0.4 is 5.32 Å². The standard InChI is InChI=1S/C25H39N3O5/c1-19(28(32)18-29)21(16-20-8-6-5-7-9-20)23(30)17-22(25(2,3)4)24(31)26-10-11-27-12-14-33-15-13-27/h5-9,18-19,21-22,32H,10-17H2,1-4H3,(H,26,31)/t19-,21+,22+/m0/s1. The van der Waals surface area contributed by atoms with Gasteiger partial charge in [-0.3, -0.25) is 24.5 Å². The first-order chi connectivity index (χ1) is 15.6. The fraction of sp³-hybridized carbons (Fsp3) is 0.640. The molecule has 1 aromatic carbocycles. The average molecular weight is 462 g/mol. The Morgan fingerprint density at radius 1 is 1.21 bits per heavy atom. The Bertz CT molecular complexity index is 759. The number of Topliss-reactive ketones (excluding diaryl/α,β-unsaturated/α-hetero) is 1. The molecule has 0 saturated carbocycles. The van der Waals surface area contributed by atoms with E-state index in [1.165, 1.54) is 0 Å². The first-order valence-electron chi connectivity index (χ1n) is 11.7. The molecule has 8 nitrogen and oxygen atoms in total. The van der Waals surface area contributed by atoms with Crippen LogP contribution in [0.3, 0.4) is 0 Å². The van der Waals surface area contributed by atoms with Gasteiger partial charge in [-0.1, -0.05) is 51.1 Å². The molecule has 1 aromatic rings. The highest BCUT2D eigenvalue weighted by atomic mass is 16.5. The number of morpholine rings is 1. The van der Waals surface area contributed by atoms with Crippen LogP contribution in [-0.2, 0) is 25.5 Å². The summed E-state index contributed by atoms with van der Waals surface area (Å²) in [5.41, 5.74) is 0.507. The van der Waals surface area contributed by atoms with E-state index in [4.69, 9.17) is 4.74 Å². The lowest BCUT2D eigenvalue weighted by Gasteiger charge is -2.33. The van der Waals surface area contributed by atoms with Crippen molar-refractivity contribution >= 4 is 18.1 Å². The van der Waals surface area contributed by atoms with Crippen LogP contribution in [0.15, 0.2) is 30.3 Å². The average Bonchev–Trinajstić information content (AvgIpc) is 2.80. The maximum Gasteiger partial charge on any atom is 0.233 e. The van der Waals surface area contributed by atoms with Crippen LogP contribution in [0.5, 0.6) is 0 Å². The summed E-state index contributed by atoms with van der Waals surface area (Å²) < 4.78 is 5.35. The Balaban J connectivity index is 2.08. The lowest BCUT2D eigenvalue weighted by Crippen LogP contribution is -2.46. The summed E-state index contributed by atoms with van der Waals surface area (Å²) in [6.45, 7) is 11.9. The molecular formula is C25H39N3O5. The maximum atomic E-state index is 13.4. The molecule has 0 aliphatic carbocycles. The largest absolute Gasteiger partial charge is 0.379 e. The maximum absolute atomic E-state index is 13.4. The van der Waals surface area contributed by atoms with Crippen LogP contribution in [0.4, 0.5) is 0 Å². The quantitative estimate of drug-likeness (QED) is 0.281. The van der Waals surface area contributed by atoms with Gasteiger partial charge in [0.15, 0.2) is 0 Å². The van der Waals surface area contributed by atoms with Crippen molar-refractivity contribution in [3.63, 3.8) is 0 Å². The van der Waals surface area contributed by atoms with Gasteiger partial charge < -0.3 is 10.1 Å². The second-order valence-corrected chi connectivity index (χ2v) is 9.86. The molecule has 33 heavy (non-hydrogen) atoms. The molecule has 1 fully saturated rings. The molecule has 2 N–H and O–H groups in total. The van der Waals surface area contributed by atoms with Gasteiger partial charge in [0.2, 0.25) is 12.3 Å².